The minimum Gasteiger partial charge on any atom is -0.493 e. The summed E-state index contributed by atoms with van der Waals surface area (Å²) in [6, 6.07) is 27.7. The third-order valence-electron chi connectivity index (χ3n) is 15.4. The topological polar surface area (TPSA) is 102 Å². The van der Waals surface area contributed by atoms with Gasteiger partial charge >= 0.3 is 0 Å². The molecule has 0 aliphatic carbocycles. The van der Waals surface area contributed by atoms with Gasteiger partial charge in [-0.1, -0.05) is 158 Å². The fraction of sp³-hybridized carbons (Fsp3) is 0.487. The molecule has 0 saturated heterocycles. The van der Waals surface area contributed by atoms with Gasteiger partial charge < -0.3 is 15.4 Å². The van der Waals surface area contributed by atoms with Crippen LogP contribution in [0.2, 0.25) is 0 Å². The van der Waals surface area contributed by atoms with Gasteiger partial charge in [0.1, 0.15) is 12.1 Å². The highest BCUT2D eigenvalue weighted by Crippen LogP contribution is 2.32. The Morgan fingerprint density at radius 1 is 0.476 bits per heavy atom. The number of pyridine rings is 2. The minimum atomic E-state index is -0.0295. The zero-order chi connectivity index (χ0) is 64.3. The lowest BCUT2D eigenvalue weighted by Gasteiger charge is -2.23. The van der Waals surface area contributed by atoms with Crippen LogP contribution in [0.5, 0.6) is 5.75 Å². The Hall–Kier alpha value is -6.51. The van der Waals surface area contributed by atoms with E-state index in [9.17, 15) is 4.79 Å². The summed E-state index contributed by atoms with van der Waals surface area (Å²) in [5.41, 5.74) is 26.6. The van der Waals surface area contributed by atoms with Gasteiger partial charge in [0.25, 0.3) is 5.91 Å². The van der Waals surface area contributed by atoms with Crippen molar-refractivity contribution in [2.75, 3.05) is 20.7 Å². The van der Waals surface area contributed by atoms with Crippen LogP contribution in [0, 0.1) is 83.1 Å². The number of fused-ring (bicyclic) bond motifs is 1. The lowest BCUT2D eigenvalue weighted by atomic mass is 9.82. The van der Waals surface area contributed by atoms with Crippen LogP contribution in [-0.4, -0.2) is 46.5 Å². The first kappa shape index (κ1) is 73.6. The molecule has 4 aromatic carbocycles. The molecule has 8 rings (SSSR count). The molecule has 1 aliphatic rings. The third-order valence-corrected chi connectivity index (χ3v) is 15.4. The van der Waals surface area contributed by atoms with Crippen LogP contribution >= 0.6 is 0 Å². The van der Waals surface area contributed by atoms with Crippen LogP contribution < -0.4 is 15.4 Å². The summed E-state index contributed by atoms with van der Waals surface area (Å²) in [6.45, 7) is 60.4. The Kier molecular flexibility index (Phi) is 28.1. The van der Waals surface area contributed by atoms with E-state index in [-0.39, 0.29) is 33.0 Å². The highest BCUT2D eigenvalue weighted by atomic mass is 16.5. The number of benzene rings is 4. The average Bonchev–Trinajstić information content (AvgIpc) is 4.07. The van der Waals surface area contributed by atoms with E-state index in [0.29, 0.717) is 0 Å². The van der Waals surface area contributed by atoms with E-state index in [1.165, 1.54) is 83.5 Å². The molecule has 2 N–H and O–H groups in total. The van der Waals surface area contributed by atoms with E-state index < -0.39 is 0 Å². The zero-order valence-electron chi connectivity index (χ0n) is 58.0. The zero-order valence-corrected chi connectivity index (χ0v) is 58.0. The molecule has 84 heavy (non-hydrogen) atoms. The molecular weight excluding hydrogens is 1030 g/mol. The van der Waals surface area contributed by atoms with E-state index in [1.807, 2.05) is 64.6 Å². The number of amides is 1. The second kappa shape index (κ2) is 32.1. The maximum atomic E-state index is 11.2. The van der Waals surface area contributed by atoms with Crippen molar-refractivity contribution in [1.82, 2.24) is 30.6 Å². The lowest BCUT2D eigenvalue weighted by Crippen LogP contribution is -2.17. The van der Waals surface area contributed by atoms with Gasteiger partial charge in [0.2, 0.25) is 0 Å². The molecule has 3 aromatic heterocycles. The molecule has 8 nitrogen and oxygen atoms in total. The van der Waals surface area contributed by atoms with Crippen LogP contribution in [0.25, 0.3) is 0 Å². The second-order valence-corrected chi connectivity index (χ2v) is 27.9. The van der Waals surface area contributed by atoms with Crippen LogP contribution in [-0.2, 0) is 40.0 Å². The third kappa shape index (κ3) is 23.9. The van der Waals surface area contributed by atoms with Crippen molar-refractivity contribution in [1.29, 1.82) is 0 Å². The molecule has 0 atom stereocenters. The Bertz CT molecular complexity index is 3140. The molecule has 458 valence electrons. The number of ether oxygens (including phenoxy) is 1. The van der Waals surface area contributed by atoms with Crippen molar-refractivity contribution in [3.63, 3.8) is 0 Å². The second-order valence-electron chi connectivity index (χ2n) is 27.9. The highest BCUT2D eigenvalue weighted by Gasteiger charge is 2.21. The van der Waals surface area contributed by atoms with Crippen molar-refractivity contribution >= 4 is 5.91 Å². The molecule has 0 unspecified atom stereocenters. The highest BCUT2D eigenvalue weighted by molar-refractivity contribution is 5.94. The van der Waals surface area contributed by atoms with Gasteiger partial charge in [-0.05, 0) is 230 Å². The normalized spacial score (nSPS) is 11.8. The minimum absolute atomic E-state index is 0.0295. The Morgan fingerprint density at radius 2 is 1.04 bits per heavy atom. The molecule has 0 saturated carbocycles. The molecule has 7 aromatic rings. The monoisotopic (exact) mass is 1140 g/mol. The summed E-state index contributed by atoms with van der Waals surface area (Å²) < 4.78 is 5.53. The van der Waals surface area contributed by atoms with E-state index >= 15 is 0 Å². The van der Waals surface area contributed by atoms with E-state index in [1.54, 1.807) is 13.4 Å². The smallest absolute Gasteiger partial charge is 0.251 e. The molecule has 0 bridgehead atoms. The summed E-state index contributed by atoms with van der Waals surface area (Å²) in [5.74, 6) is 1.06. The number of hydrogen-bond donors (Lipinski definition) is 2. The van der Waals surface area contributed by atoms with Crippen molar-refractivity contribution in [2.24, 2.45) is 0 Å². The number of rotatable bonds is 3. The fourth-order valence-electron chi connectivity index (χ4n) is 9.57. The van der Waals surface area contributed by atoms with Crippen molar-refractivity contribution in [3.8, 4) is 5.75 Å². The predicted molar refractivity (Wildman–Crippen MR) is 362 cm³/mol. The van der Waals surface area contributed by atoms with Gasteiger partial charge in [-0.15, -0.1) is 0 Å². The van der Waals surface area contributed by atoms with Crippen molar-refractivity contribution < 1.29 is 9.53 Å². The van der Waals surface area contributed by atoms with Crippen LogP contribution in [0.1, 0.15) is 220 Å². The molecule has 1 amide bonds. The molecular formula is C76H112N6O2. The first-order valence-corrected chi connectivity index (χ1v) is 30.1. The first-order valence-electron chi connectivity index (χ1n) is 30.1. The van der Waals surface area contributed by atoms with Crippen molar-refractivity contribution in [2.45, 2.75) is 227 Å². The number of nitrogens with zero attached hydrogens (tertiary/aromatic N) is 4. The van der Waals surface area contributed by atoms with Gasteiger partial charge in [0.15, 0.2) is 0 Å². The fourth-order valence-corrected chi connectivity index (χ4v) is 9.57. The molecule has 0 radical (unpaired) electrons. The maximum Gasteiger partial charge on any atom is 0.251 e. The molecule has 0 fully saturated rings. The van der Waals surface area contributed by atoms with E-state index in [0.717, 1.165) is 53.5 Å². The average molecular weight is 1140 g/mol. The Balaban J connectivity index is 0.000000335. The maximum absolute atomic E-state index is 11.2. The molecule has 8 heteroatoms. The summed E-state index contributed by atoms with van der Waals surface area (Å²) in [5, 5.41) is 5.72. The van der Waals surface area contributed by atoms with Crippen LogP contribution in [0.4, 0.5) is 0 Å². The lowest BCUT2D eigenvalue weighted by molar-refractivity contribution is 0.0963. The molecule has 0 spiro atoms. The van der Waals surface area contributed by atoms with Gasteiger partial charge in [-0.2, -0.15) is 0 Å². The number of nitrogens with one attached hydrogen (secondary N) is 2. The largest absolute Gasteiger partial charge is 0.493 e. The van der Waals surface area contributed by atoms with E-state index in [4.69, 9.17) is 4.74 Å². The summed E-state index contributed by atoms with van der Waals surface area (Å²) in [7, 11) is 3.60. The van der Waals surface area contributed by atoms with Gasteiger partial charge in [-0.3, -0.25) is 14.8 Å². The number of aryl methyl sites for hydroxylation is 10. The van der Waals surface area contributed by atoms with Crippen molar-refractivity contribution in [3.05, 3.63) is 215 Å². The standard InChI is InChI=1S/C13H20.C12H19N.C12H16O.C10H13NO.2C10H15N.C9H14N2/c1-9-7-8-12(13(4,5)6)11(3)10(9)2;1-8-7-11(12(4,5)6)10(3)13-9(8)2;1-12(2,3)10-5-4-9-6-7-13-11(9)8-10;1-7-4-5-9(6-8(7)2)10(12)11-3;1-8-7-11-6-5-9(8)10(2,3)4;1-8-4-5-10(7-11-3)6-9(8)2;1-7-8(9(2,3)4)5-10-6-11-7/h7-8H,1-6H3;7H,1-6H3;4-5,8H,6-7H2,1-3H3;4-6H,1-3H3,(H,11,12);5-7H,1-4H3;4-6,11H,7H2,1-3H3;5-6H,1-4H3. The molecule has 4 heterocycles. The predicted octanol–water partition coefficient (Wildman–Crippen LogP) is 18.6. The van der Waals surface area contributed by atoms with E-state index in [2.05, 4.69) is 257 Å². The van der Waals surface area contributed by atoms with Gasteiger partial charge in [0, 0.05) is 61.2 Å². The summed E-state index contributed by atoms with van der Waals surface area (Å²) in [4.78, 5) is 27.9. The van der Waals surface area contributed by atoms with Crippen LogP contribution in [0.3, 0.4) is 0 Å². The Morgan fingerprint density at radius 3 is 1.51 bits per heavy atom. The number of aromatic nitrogens is 4. The summed E-state index contributed by atoms with van der Waals surface area (Å²) >= 11 is 0. The van der Waals surface area contributed by atoms with Gasteiger partial charge in [0.05, 0.1) is 6.61 Å². The first-order chi connectivity index (χ1) is 38.6. The quantitative estimate of drug-likeness (QED) is 0.182. The van der Waals surface area contributed by atoms with Gasteiger partial charge in [-0.25, -0.2) is 9.97 Å². The SMILES string of the molecule is CC(C)(C)c1ccc2c(c1)OCC2.CNC(=O)c1ccc(C)c(C)c1.CNCc1ccc(C)c(C)c1.Cc1cc(C(C)(C)C)c(C)nc1C.Cc1ccc(C(C)(C)C)c(C)c1C.Cc1cnccc1C(C)(C)C.Cc1ncncc1C(C)(C)C. The molecule has 1 aliphatic heterocycles. The van der Waals surface area contributed by atoms with Crippen LogP contribution in [0.15, 0.2) is 104 Å². The number of carbonyl (C=O) groups excluding carboxylic acids is 1. The number of hydrogen-bond acceptors (Lipinski definition) is 7. The Labute approximate surface area is 512 Å². The summed E-state index contributed by atoms with van der Waals surface area (Å²) in [6.07, 6.45) is 8.32. The number of carbonyl (C=O) groups is 1.